The molecular formula is H5B24I20N3Na. The smallest absolute Gasteiger partial charge is 0.253 e. The van der Waals surface area contributed by atoms with Crippen molar-refractivity contribution in [2.45, 2.75) is 0 Å². The molecule has 5 N–H and O–H groups in total. The van der Waals surface area contributed by atoms with Gasteiger partial charge in [-0.25, -0.2) is 0 Å². The summed E-state index contributed by atoms with van der Waals surface area (Å²) < 4.78 is 8.14. The Morgan fingerprint density at radius 2 is 0.542 bits per heavy atom. The van der Waals surface area contributed by atoms with Crippen molar-refractivity contribution in [2.75, 3.05) is 0 Å². The summed E-state index contributed by atoms with van der Waals surface area (Å²) in [6.07, 6.45) is 0. The molecular weight excluding hydrogens is 2860 g/mol. The van der Waals surface area contributed by atoms with Crippen molar-refractivity contribution in [3.8, 4) is 0 Å². The van der Waals surface area contributed by atoms with Gasteiger partial charge in [0.1, 0.15) is 8.70 Å². The van der Waals surface area contributed by atoms with Gasteiger partial charge in [-0.15, -0.1) is 134 Å². The van der Waals surface area contributed by atoms with Crippen LogP contribution in [0.5, 0.6) is 0 Å². The van der Waals surface area contributed by atoms with E-state index in [4.69, 9.17) is 11.3 Å². The molecule has 0 rings (SSSR count). The summed E-state index contributed by atoms with van der Waals surface area (Å²) in [5.41, 5.74) is 13.8. The van der Waals surface area contributed by atoms with Crippen LogP contribution in [0.4, 0.5) is 0 Å². The third kappa shape index (κ3) is 26.9. The Bertz CT molecular complexity index is 782. The minimum Gasteiger partial charge on any atom is -0.391 e. The van der Waals surface area contributed by atoms with Gasteiger partial charge in [0.2, 0.25) is 4.63 Å². The van der Waals surface area contributed by atoms with E-state index in [9.17, 15) is 0 Å². The Labute approximate surface area is 591 Å². The van der Waals surface area contributed by atoms with E-state index in [0.29, 0.717) is 74.7 Å². The Morgan fingerprint density at radius 1 is 0.312 bits per heavy atom. The minimum atomic E-state index is 0. The third-order valence-electron chi connectivity index (χ3n) is 6.27. The van der Waals surface area contributed by atoms with Crippen LogP contribution in [-0.4, -0.2) is 146 Å². The number of nitrogens with two attached hydrogens (primary N) is 2. The summed E-state index contributed by atoms with van der Waals surface area (Å²) in [4.78, 5) is 0. The van der Waals surface area contributed by atoms with E-state index in [2.05, 4.69) is 481 Å². The zero-order valence-corrected chi connectivity index (χ0v) is 69.2. The number of nitrogens with one attached hydrogen (secondary N) is 1. The normalized spacial score (nSPS) is 9.79. The van der Waals surface area contributed by atoms with E-state index in [-0.39, 0.29) is 42.8 Å². The molecule has 48 heteroatoms. The largest absolute Gasteiger partial charge is 0.391 e. The van der Waals surface area contributed by atoms with Crippen molar-refractivity contribution in [2.24, 2.45) is 11.3 Å². The molecule has 0 unspecified atom stereocenters. The fourth-order valence-corrected chi connectivity index (χ4v) is 26.0. The molecule has 0 amide bonds. The second kappa shape index (κ2) is 37.8. The molecule has 0 heterocycles. The van der Waals surface area contributed by atoms with Crippen LogP contribution >= 0.6 is 447 Å². The maximum Gasteiger partial charge on any atom is 0.253 e. The molecule has 0 spiro atoms. The van der Waals surface area contributed by atoms with Crippen LogP contribution in [0.3, 0.4) is 0 Å². The Kier molecular flexibility index (Phi) is 52.9. The summed E-state index contributed by atoms with van der Waals surface area (Å²) in [7, 11) is 9.21. The number of rotatable bonds is 24. The predicted octanol–water partition coefficient (Wildman–Crippen LogP) is 6.52. The summed E-state index contributed by atoms with van der Waals surface area (Å²) in [6.45, 7) is 0.276. The van der Waals surface area contributed by atoms with Crippen LogP contribution in [0.2, 0.25) is 0 Å². The molecule has 48 heavy (non-hydrogen) atoms. The molecule has 3 nitrogen and oxygen atoms in total. The summed E-state index contributed by atoms with van der Waals surface area (Å²) in [5, 5.41) is 4.01. The Morgan fingerprint density at radius 3 is 0.792 bits per heavy atom. The molecule has 0 aliphatic heterocycles. The van der Waals surface area contributed by atoms with E-state index in [1.807, 2.05) is 0 Å². The molecule has 0 aromatic carbocycles. The van der Waals surface area contributed by atoms with Gasteiger partial charge in [-0.2, -0.15) is 313 Å². The second-order valence-electron chi connectivity index (χ2n) is 9.79. The molecule has 0 aliphatic carbocycles. The van der Waals surface area contributed by atoms with E-state index < -0.39 is 0 Å². The summed E-state index contributed by atoms with van der Waals surface area (Å²) >= 11 is 52.1. The van der Waals surface area contributed by atoms with Crippen LogP contribution in [0, 0.1) is 0 Å². The third-order valence-corrected chi connectivity index (χ3v) is 47.8. The van der Waals surface area contributed by atoms with Crippen molar-refractivity contribution in [1.29, 1.82) is 0 Å². The first-order chi connectivity index (χ1) is 21.5. The van der Waals surface area contributed by atoms with Gasteiger partial charge in [-0.1, -0.05) is 0 Å². The Balaban J connectivity index is 0. The maximum absolute atomic E-state index is 6.90. The van der Waals surface area contributed by atoms with Crippen molar-refractivity contribution < 1.29 is 0 Å². The van der Waals surface area contributed by atoms with Crippen molar-refractivity contribution >= 4 is 593 Å². The maximum atomic E-state index is 6.90. The van der Waals surface area contributed by atoms with Crippen molar-refractivity contribution in [3.63, 3.8) is 0 Å². The van der Waals surface area contributed by atoms with Gasteiger partial charge in [-0.05, 0) is 0 Å². The van der Waals surface area contributed by atoms with Gasteiger partial charge in [0.05, 0.1) is 14.1 Å². The van der Waals surface area contributed by atoms with Crippen LogP contribution in [0.1, 0.15) is 0 Å². The molecule has 233 valence electrons. The quantitative estimate of drug-likeness (QED) is 0.0764. The zero-order chi connectivity index (χ0) is 37.1. The molecule has 5 radical (unpaired) electrons. The Hall–Kier alpha value is 17.0. The first-order valence-electron chi connectivity index (χ1n) is 12.9. The molecule has 0 saturated heterocycles. The van der Waals surface area contributed by atoms with E-state index in [1.54, 1.807) is 0 Å². The summed E-state index contributed by atoms with van der Waals surface area (Å²) in [5.74, 6) is 0. The van der Waals surface area contributed by atoms with E-state index >= 15 is 0 Å². The van der Waals surface area contributed by atoms with Crippen LogP contribution in [0.15, 0.2) is 0 Å². The predicted molar refractivity (Wildman–Crippen MR) is 436 cm³/mol. The van der Waals surface area contributed by atoms with Crippen molar-refractivity contribution in [3.05, 3.63) is 0 Å². The van der Waals surface area contributed by atoms with E-state index in [0.717, 1.165) is 0 Å². The number of hydrogen-bond donors (Lipinski definition) is 3. The first-order valence-corrected chi connectivity index (χ1v) is 37.9. The monoisotopic (exact) mass is 2870 g/mol. The zero-order valence-electron chi connectivity index (χ0n) is 24.1. The minimum absolute atomic E-state index is 0. The van der Waals surface area contributed by atoms with Gasteiger partial charge in [0.15, 0.2) is 65.5 Å². The molecule has 0 aromatic heterocycles. The van der Waals surface area contributed by atoms with Gasteiger partial charge < -0.3 is 16.4 Å². The first kappa shape index (κ1) is 67.1. The van der Waals surface area contributed by atoms with Crippen LogP contribution in [0.25, 0.3) is 0 Å². The summed E-state index contributed by atoms with van der Waals surface area (Å²) in [6, 6.07) is 0. The van der Waals surface area contributed by atoms with Gasteiger partial charge in [-0.3, -0.25) is 0 Å². The molecule has 0 atom stereocenters. The van der Waals surface area contributed by atoms with Gasteiger partial charge in [0.25, 0.3) is 9.19 Å². The fraction of sp³-hybridized carbons (Fsp3) is 0. The molecule has 0 bridgehead atoms. The molecule has 0 saturated carbocycles. The van der Waals surface area contributed by atoms with E-state index in [1.165, 1.54) is 0 Å². The van der Waals surface area contributed by atoms with Crippen LogP contribution in [-0.2, 0) is 0 Å². The molecule has 0 aliphatic rings. The standard InChI is InChI=1S/B24H5I20N3.Na/c25-5(1-3-7(27)28)9(31)21(45)17(39)13(35)11(33)15(37)19(41)23(43)47-24(44)20(42)16(38)12(34)14(36)18(40)22(46)10(32)6(26)2-4-8(29)30;/h47H,45-46H2;. The van der Waals surface area contributed by atoms with Gasteiger partial charge >= 0.3 is 0 Å². The average molecular weight is 2870 g/mol. The number of hydrogen-bond acceptors (Lipinski definition) is 3. The van der Waals surface area contributed by atoms with Gasteiger partial charge in [0, 0.05) is 43.7 Å². The second-order valence-corrected chi connectivity index (χ2v) is 42.7. The SMILES string of the molecule is NB(B(I)B(I)[B][B]B(I)I)B(I)B(I)B(I)B(I)B(I)B(I)NB(I)B(I)B(I)B(I)B(I)B(I)B(N)B(I)B(I)[B][B]B(I)I.[Na]. The van der Waals surface area contributed by atoms with Crippen molar-refractivity contribution in [1.82, 2.24) is 5.14 Å². The van der Waals surface area contributed by atoms with Crippen LogP contribution < -0.4 is 16.4 Å². The molecule has 0 fully saturated rings. The topological polar surface area (TPSA) is 64.1 Å². The fourth-order valence-electron chi connectivity index (χ4n) is 3.51. The molecule has 0 aromatic rings. The average Bonchev–Trinajstić information content (AvgIpc) is 3.04. The number of halogens is 20.